The Morgan fingerprint density at radius 2 is 2.33 bits per heavy atom. The molecule has 0 amide bonds. The lowest BCUT2D eigenvalue weighted by atomic mass is 9.82. The van der Waals surface area contributed by atoms with Crippen LogP contribution in [0.15, 0.2) is 0 Å². The average Bonchev–Trinajstić information content (AvgIpc) is 2.38. The minimum Gasteiger partial charge on any atom is -0.481 e. The van der Waals surface area contributed by atoms with Crippen LogP contribution < -0.4 is 0 Å². The third-order valence-electron chi connectivity index (χ3n) is 2.40. The first-order chi connectivity index (χ1) is 5.52. The van der Waals surface area contributed by atoms with Crippen LogP contribution in [0.5, 0.6) is 0 Å². The molecule has 0 bridgehead atoms. The summed E-state index contributed by atoms with van der Waals surface area (Å²) in [5, 5.41) is 8.86. The number of hydrogen-bond acceptors (Lipinski definition) is 2. The first-order valence-electron chi connectivity index (χ1n) is 4.33. The van der Waals surface area contributed by atoms with E-state index in [9.17, 15) is 4.79 Å². The van der Waals surface area contributed by atoms with E-state index in [4.69, 9.17) is 9.84 Å². The molecule has 0 aromatic rings. The first-order valence-corrected chi connectivity index (χ1v) is 4.33. The highest BCUT2D eigenvalue weighted by Crippen LogP contribution is 2.29. The Hall–Kier alpha value is -0.570. The highest BCUT2D eigenvalue weighted by molar-refractivity contribution is 5.73. The zero-order chi connectivity index (χ0) is 9.19. The maximum absolute atomic E-state index is 10.8. The van der Waals surface area contributed by atoms with E-state index >= 15 is 0 Å². The van der Waals surface area contributed by atoms with Gasteiger partial charge in [0.25, 0.3) is 0 Å². The number of aliphatic carboxylic acids is 1. The molecule has 0 radical (unpaired) electrons. The van der Waals surface area contributed by atoms with Crippen molar-refractivity contribution in [3.63, 3.8) is 0 Å². The molecule has 1 saturated heterocycles. The smallest absolute Gasteiger partial charge is 0.309 e. The summed E-state index contributed by atoms with van der Waals surface area (Å²) in [6.45, 7) is 5.07. The van der Waals surface area contributed by atoms with Gasteiger partial charge in [-0.1, -0.05) is 0 Å². The fourth-order valence-electron chi connectivity index (χ4n) is 1.55. The Balaban J connectivity index is 2.42. The van der Waals surface area contributed by atoms with E-state index in [2.05, 4.69) is 0 Å². The van der Waals surface area contributed by atoms with E-state index in [0.717, 1.165) is 26.1 Å². The minimum absolute atomic E-state index is 0.441. The van der Waals surface area contributed by atoms with E-state index in [0.29, 0.717) is 5.92 Å². The molecule has 0 aliphatic carbocycles. The van der Waals surface area contributed by atoms with Crippen molar-refractivity contribution in [3.8, 4) is 0 Å². The molecule has 3 nitrogen and oxygen atoms in total. The quantitative estimate of drug-likeness (QED) is 0.702. The van der Waals surface area contributed by atoms with Gasteiger partial charge in [-0.3, -0.25) is 4.79 Å². The van der Waals surface area contributed by atoms with Gasteiger partial charge >= 0.3 is 5.97 Å². The van der Waals surface area contributed by atoms with Gasteiger partial charge in [0.15, 0.2) is 0 Å². The third-order valence-corrected chi connectivity index (χ3v) is 2.40. The van der Waals surface area contributed by atoms with Crippen molar-refractivity contribution in [3.05, 3.63) is 0 Å². The molecule has 1 rings (SSSR count). The zero-order valence-electron chi connectivity index (χ0n) is 7.67. The standard InChI is InChI=1S/C9H16O3/c1-9(2,8(10)11)5-7-3-4-12-6-7/h7H,3-6H2,1-2H3,(H,10,11)/t7-/m1/s1. The maximum Gasteiger partial charge on any atom is 0.309 e. The molecule has 1 N–H and O–H groups in total. The SMILES string of the molecule is CC(C)(C[C@H]1CCOC1)C(=O)O. The molecular formula is C9H16O3. The average molecular weight is 172 g/mol. The number of rotatable bonds is 3. The van der Waals surface area contributed by atoms with Crippen molar-refractivity contribution in [1.82, 2.24) is 0 Å². The van der Waals surface area contributed by atoms with Crippen molar-refractivity contribution in [2.45, 2.75) is 26.7 Å². The summed E-state index contributed by atoms with van der Waals surface area (Å²) in [6.07, 6.45) is 1.74. The van der Waals surface area contributed by atoms with Crippen molar-refractivity contribution >= 4 is 5.97 Å². The lowest BCUT2D eigenvalue weighted by Gasteiger charge is -2.21. The molecule has 0 aromatic carbocycles. The molecule has 1 aliphatic heterocycles. The second kappa shape index (κ2) is 3.44. The van der Waals surface area contributed by atoms with Gasteiger partial charge in [0.2, 0.25) is 0 Å². The normalized spacial score (nSPS) is 24.3. The largest absolute Gasteiger partial charge is 0.481 e. The molecule has 3 heteroatoms. The van der Waals surface area contributed by atoms with Crippen LogP contribution in [0, 0.1) is 11.3 Å². The molecule has 0 spiro atoms. The van der Waals surface area contributed by atoms with E-state index in [1.165, 1.54) is 0 Å². The van der Waals surface area contributed by atoms with Crippen molar-refractivity contribution in [2.24, 2.45) is 11.3 Å². The highest BCUT2D eigenvalue weighted by atomic mass is 16.5. The van der Waals surface area contributed by atoms with Gasteiger partial charge < -0.3 is 9.84 Å². The lowest BCUT2D eigenvalue weighted by molar-refractivity contribution is -0.147. The molecule has 1 atom stereocenters. The van der Waals surface area contributed by atoms with E-state index in [-0.39, 0.29) is 0 Å². The number of hydrogen-bond donors (Lipinski definition) is 1. The molecule has 0 aromatic heterocycles. The predicted octanol–water partition coefficient (Wildman–Crippen LogP) is 1.52. The van der Waals surface area contributed by atoms with Crippen molar-refractivity contribution in [1.29, 1.82) is 0 Å². The second-order valence-corrected chi connectivity index (χ2v) is 4.12. The molecular weight excluding hydrogens is 156 g/mol. The van der Waals surface area contributed by atoms with E-state index < -0.39 is 11.4 Å². The van der Waals surface area contributed by atoms with Crippen LogP contribution in [0.25, 0.3) is 0 Å². The van der Waals surface area contributed by atoms with Gasteiger partial charge in [0.1, 0.15) is 0 Å². The van der Waals surface area contributed by atoms with Crippen LogP contribution >= 0.6 is 0 Å². The van der Waals surface area contributed by atoms with Crippen LogP contribution in [0.3, 0.4) is 0 Å². The molecule has 1 aliphatic rings. The highest BCUT2D eigenvalue weighted by Gasteiger charge is 2.31. The number of ether oxygens (including phenoxy) is 1. The van der Waals surface area contributed by atoms with Gasteiger partial charge in [0.05, 0.1) is 5.41 Å². The van der Waals surface area contributed by atoms with Gasteiger partial charge in [-0.15, -0.1) is 0 Å². The Morgan fingerprint density at radius 3 is 2.75 bits per heavy atom. The van der Waals surface area contributed by atoms with Crippen LogP contribution in [-0.2, 0) is 9.53 Å². The third kappa shape index (κ3) is 2.21. The Labute approximate surface area is 72.7 Å². The number of carboxylic acids is 1. The van der Waals surface area contributed by atoms with Gasteiger partial charge in [0, 0.05) is 13.2 Å². The molecule has 0 unspecified atom stereocenters. The zero-order valence-corrected chi connectivity index (χ0v) is 7.67. The molecule has 1 fully saturated rings. The fourth-order valence-corrected chi connectivity index (χ4v) is 1.55. The predicted molar refractivity (Wildman–Crippen MR) is 45.0 cm³/mol. The Morgan fingerprint density at radius 1 is 1.67 bits per heavy atom. The summed E-state index contributed by atoms with van der Waals surface area (Å²) < 4.78 is 5.19. The molecule has 0 saturated carbocycles. The van der Waals surface area contributed by atoms with Crippen LogP contribution in [0.1, 0.15) is 26.7 Å². The Kier molecular flexibility index (Phi) is 2.73. The van der Waals surface area contributed by atoms with Gasteiger partial charge in [-0.2, -0.15) is 0 Å². The van der Waals surface area contributed by atoms with Crippen LogP contribution in [-0.4, -0.2) is 24.3 Å². The second-order valence-electron chi connectivity index (χ2n) is 4.12. The van der Waals surface area contributed by atoms with Gasteiger partial charge in [-0.25, -0.2) is 0 Å². The summed E-state index contributed by atoms with van der Waals surface area (Å²) >= 11 is 0. The summed E-state index contributed by atoms with van der Waals surface area (Å²) in [4.78, 5) is 10.8. The van der Waals surface area contributed by atoms with Crippen LogP contribution in [0.4, 0.5) is 0 Å². The van der Waals surface area contributed by atoms with E-state index in [1.807, 2.05) is 0 Å². The first kappa shape index (κ1) is 9.52. The fraction of sp³-hybridized carbons (Fsp3) is 0.889. The summed E-state index contributed by atoms with van der Waals surface area (Å²) in [5.41, 5.74) is -0.599. The van der Waals surface area contributed by atoms with Crippen molar-refractivity contribution in [2.75, 3.05) is 13.2 Å². The monoisotopic (exact) mass is 172 g/mol. The Bertz CT molecular complexity index is 169. The topological polar surface area (TPSA) is 46.5 Å². The van der Waals surface area contributed by atoms with Crippen LogP contribution in [0.2, 0.25) is 0 Å². The number of carbonyl (C=O) groups is 1. The van der Waals surface area contributed by atoms with Gasteiger partial charge in [-0.05, 0) is 32.6 Å². The minimum atomic E-state index is -0.714. The molecule has 12 heavy (non-hydrogen) atoms. The summed E-state index contributed by atoms with van der Waals surface area (Å²) in [7, 11) is 0. The lowest BCUT2D eigenvalue weighted by Crippen LogP contribution is -2.26. The molecule has 1 heterocycles. The number of carboxylic acid groups (broad SMARTS) is 1. The van der Waals surface area contributed by atoms with Crippen molar-refractivity contribution < 1.29 is 14.6 Å². The maximum atomic E-state index is 10.8. The summed E-state index contributed by atoms with van der Waals surface area (Å²) in [6, 6.07) is 0. The summed E-state index contributed by atoms with van der Waals surface area (Å²) in [5.74, 6) is -0.273. The van der Waals surface area contributed by atoms with E-state index in [1.54, 1.807) is 13.8 Å². The molecule has 70 valence electrons.